The van der Waals surface area contributed by atoms with Gasteiger partial charge < -0.3 is 10.2 Å². The van der Waals surface area contributed by atoms with Gasteiger partial charge in [-0.25, -0.2) is 0 Å². The molecule has 0 aromatic carbocycles. The fourth-order valence-electron chi connectivity index (χ4n) is 2.71. The maximum absolute atomic E-state index is 12.1. The van der Waals surface area contributed by atoms with Crippen LogP contribution in [0, 0.1) is 12.8 Å². The van der Waals surface area contributed by atoms with Gasteiger partial charge in [-0.05, 0) is 57.8 Å². The van der Waals surface area contributed by atoms with E-state index < -0.39 is 0 Å². The van der Waals surface area contributed by atoms with Crippen molar-refractivity contribution in [3.63, 3.8) is 0 Å². The Morgan fingerprint density at radius 2 is 2.30 bits per heavy atom. The van der Waals surface area contributed by atoms with Crippen molar-refractivity contribution in [1.29, 1.82) is 0 Å². The average molecular weight is 317 g/mol. The van der Waals surface area contributed by atoms with Crippen LogP contribution in [0.1, 0.15) is 29.0 Å². The summed E-state index contributed by atoms with van der Waals surface area (Å²) in [5, 5.41) is 3.20. The zero-order chi connectivity index (χ0) is 13.7. The molecule has 1 aromatic heterocycles. The standard InChI is InChI=1S/C15H24N2OS.ClH/c1-12-6-7-14(19-12)4-3-5-15(18)17-9-8-13(11-17)10-16-2;/h6-7,13,16H,3-5,8-11H2,1-2H3;1H. The molecule has 0 saturated carbocycles. The molecular formula is C15H25ClN2OS. The third-order valence-electron chi connectivity index (χ3n) is 3.74. The van der Waals surface area contributed by atoms with Crippen molar-refractivity contribution in [3.05, 3.63) is 21.9 Å². The minimum Gasteiger partial charge on any atom is -0.342 e. The molecule has 1 fully saturated rings. The number of nitrogens with zero attached hydrogens (tertiary/aromatic N) is 1. The normalized spacial score (nSPS) is 18.1. The van der Waals surface area contributed by atoms with E-state index in [-0.39, 0.29) is 12.4 Å². The number of rotatable bonds is 6. The number of nitrogens with one attached hydrogen (secondary N) is 1. The zero-order valence-electron chi connectivity index (χ0n) is 12.4. The van der Waals surface area contributed by atoms with Crippen LogP contribution in [0.3, 0.4) is 0 Å². The first kappa shape index (κ1) is 17.5. The first-order valence-electron chi connectivity index (χ1n) is 7.16. The number of thiophene rings is 1. The predicted molar refractivity (Wildman–Crippen MR) is 87.9 cm³/mol. The first-order valence-corrected chi connectivity index (χ1v) is 7.98. The molecule has 0 spiro atoms. The van der Waals surface area contributed by atoms with Crippen molar-refractivity contribution >= 4 is 29.7 Å². The van der Waals surface area contributed by atoms with Crippen LogP contribution in [-0.2, 0) is 11.2 Å². The van der Waals surface area contributed by atoms with Crippen molar-refractivity contribution in [2.75, 3.05) is 26.7 Å². The Balaban J connectivity index is 0.00000200. The highest BCUT2D eigenvalue weighted by Crippen LogP contribution is 2.19. The molecule has 1 aromatic rings. The van der Waals surface area contributed by atoms with Crippen molar-refractivity contribution in [2.45, 2.75) is 32.6 Å². The molecule has 0 aliphatic carbocycles. The van der Waals surface area contributed by atoms with Crippen molar-refractivity contribution in [1.82, 2.24) is 10.2 Å². The SMILES string of the molecule is CNCC1CCN(C(=O)CCCc2ccc(C)s2)C1.Cl. The fraction of sp³-hybridized carbons (Fsp3) is 0.667. The summed E-state index contributed by atoms with van der Waals surface area (Å²) >= 11 is 1.85. The molecule has 1 aliphatic heterocycles. The minimum absolute atomic E-state index is 0. The molecule has 0 radical (unpaired) electrons. The molecule has 114 valence electrons. The Kier molecular flexibility index (Phi) is 7.56. The van der Waals surface area contributed by atoms with Crippen LogP contribution in [0.15, 0.2) is 12.1 Å². The molecule has 0 bridgehead atoms. The molecule has 1 saturated heterocycles. The van der Waals surface area contributed by atoms with Gasteiger partial charge in [0.25, 0.3) is 0 Å². The van der Waals surface area contributed by atoms with E-state index in [0.717, 1.165) is 38.9 Å². The predicted octanol–water partition coefficient (Wildman–Crippen LogP) is 2.87. The smallest absolute Gasteiger partial charge is 0.222 e. The van der Waals surface area contributed by atoms with Gasteiger partial charge in [0.05, 0.1) is 0 Å². The molecule has 1 amide bonds. The van der Waals surface area contributed by atoms with Gasteiger partial charge in [0.1, 0.15) is 0 Å². The van der Waals surface area contributed by atoms with Gasteiger partial charge in [0, 0.05) is 29.3 Å². The lowest BCUT2D eigenvalue weighted by atomic mass is 10.1. The highest BCUT2D eigenvalue weighted by atomic mass is 35.5. The van der Waals surface area contributed by atoms with Gasteiger partial charge in [0.2, 0.25) is 5.91 Å². The van der Waals surface area contributed by atoms with Gasteiger partial charge in [0.15, 0.2) is 0 Å². The number of hydrogen-bond acceptors (Lipinski definition) is 3. The second-order valence-electron chi connectivity index (χ2n) is 5.42. The van der Waals surface area contributed by atoms with Crippen LogP contribution in [0.4, 0.5) is 0 Å². The molecule has 1 unspecified atom stereocenters. The van der Waals surface area contributed by atoms with Crippen LogP contribution in [0.25, 0.3) is 0 Å². The van der Waals surface area contributed by atoms with Crippen LogP contribution in [0.2, 0.25) is 0 Å². The lowest BCUT2D eigenvalue weighted by Crippen LogP contribution is -2.30. The summed E-state index contributed by atoms with van der Waals surface area (Å²) in [6, 6.07) is 4.34. The molecule has 20 heavy (non-hydrogen) atoms. The molecule has 2 heterocycles. The highest BCUT2D eigenvalue weighted by Gasteiger charge is 2.25. The Labute approximate surface area is 132 Å². The summed E-state index contributed by atoms with van der Waals surface area (Å²) in [5.74, 6) is 0.987. The van der Waals surface area contributed by atoms with Crippen LogP contribution >= 0.6 is 23.7 Å². The van der Waals surface area contributed by atoms with E-state index in [1.54, 1.807) is 0 Å². The number of amides is 1. The number of aryl methyl sites for hydroxylation is 2. The largest absolute Gasteiger partial charge is 0.342 e. The topological polar surface area (TPSA) is 32.3 Å². The van der Waals surface area contributed by atoms with Gasteiger partial charge in [-0.3, -0.25) is 4.79 Å². The number of halogens is 1. The molecule has 1 aliphatic rings. The molecule has 2 rings (SSSR count). The lowest BCUT2D eigenvalue weighted by Gasteiger charge is -2.16. The summed E-state index contributed by atoms with van der Waals surface area (Å²) < 4.78 is 0. The fourth-order valence-corrected chi connectivity index (χ4v) is 3.64. The summed E-state index contributed by atoms with van der Waals surface area (Å²) in [5.41, 5.74) is 0. The van der Waals surface area contributed by atoms with E-state index in [4.69, 9.17) is 0 Å². The van der Waals surface area contributed by atoms with Crippen LogP contribution < -0.4 is 5.32 Å². The van der Waals surface area contributed by atoms with Crippen molar-refractivity contribution in [2.24, 2.45) is 5.92 Å². The van der Waals surface area contributed by atoms with E-state index in [2.05, 4.69) is 24.4 Å². The maximum Gasteiger partial charge on any atom is 0.222 e. The van der Waals surface area contributed by atoms with Gasteiger partial charge in [-0.2, -0.15) is 0 Å². The summed E-state index contributed by atoms with van der Waals surface area (Å²) in [4.78, 5) is 16.9. The Bertz CT molecular complexity index is 422. The Hall–Kier alpha value is -0.580. The second-order valence-corrected chi connectivity index (χ2v) is 6.79. The number of carbonyl (C=O) groups is 1. The first-order chi connectivity index (χ1) is 9.19. The third kappa shape index (κ3) is 5.08. The van der Waals surface area contributed by atoms with E-state index in [1.165, 1.54) is 9.75 Å². The molecular weight excluding hydrogens is 292 g/mol. The van der Waals surface area contributed by atoms with Gasteiger partial charge in [-0.15, -0.1) is 23.7 Å². The highest BCUT2D eigenvalue weighted by molar-refractivity contribution is 7.11. The number of carbonyl (C=O) groups excluding carboxylic acids is 1. The summed E-state index contributed by atoms with van der Waals surface area (Å²) in [6.07, 6.45) is 3.87. The van der Waals surface area contributed by atoms with Crippen molar-refractivity contribution in [3.8, 4) is 0 Å². The van der Waals surface area contributed by atoms with E-state index in [1.807, 2.05) is 23.3 Å². The van der Waals surface area contributed by atoms with E-state index >= 15 is 0 Å². The summed E-state index contributed by atoms with van der Waals surface area (Å²) in [6.45, 7) is 5.05. The number of hydrogen-bond donors (Lipinski definition) is 1. The van der Waals surface area contributed by atoms with Crippen LogP contribution in [0.5, 0.6) is 0 Å². The lowest BCUT2D eigenvalue weighted by molar-refractivity contribution is -0.130. The van der Waals surface area contributed by atoms with Crippen molar-refractivity contribution < 1.29 is 4.79 Å². The Morgan fingerprint density at radius 1 is 1.50 bits per heavy atom. The monoisotopic (exact) mass is 316 g/mol. The molecule has 1 N–H and O–H groups in total. The summed E-state index contributed by atoms with van der Waals surface area (Å²) in [7, 11) is 1.98. The van der Waals surface area contributed by atoms with Crippen LogP contribution in [-0.4, -0.2) is 37.5 Å². The minimum atomic E-state index is 0. The molecule has 5 heteroatoms. The second kappa shape index (κ2) is 8.65. The Morgan fingerprint density at radius 3 is 2.95 bits per heavy atom. The molecule has 3 nitrogen and oxygen atoms in total. The van der Waals surface area contributed by atoms with E-state index in [0.29, 0.717) is 18.2 Å². The van der Waals surface area contributed by atoms with Gasteiger partial charge >= 0.3 is 0 Å². The molecule has 1 atom stereocenters. The average Bonchev–Trinajstić information content (AvgIpc) is 2.99. The maximum atomic E-state index is 12.1. The quantitative estimate of drug-likeness (QED) is 0.875. The van der Waals surface area contributed by atoms with Gasteiger partial charge in [-0.1, -0.05) is 0 Å². The number of likely N-dealkylation sites (tertiary alicyclic amines) is 1. The van der Waals surface area contributed by atoms with E-state index in [9.17, 15) is 4.79 Å². The zero-order valence-corrected chi connectivity index (χ0v) is 14.0. The third-order valence-corrected chi connectivity index (χ3v) is 4.80.